The van der Waals surface area contributed by atoms with Crippen LogP contribution >= 0.6 is 11.8 Å². The molecule has 2 atom stereocenters. The Labute approximate surface area is 137 Å². The molecule has 2 N–H and O–H groups in total. The molecule has 4 nitrogen and oxygen atoms in total. The zero-order valence-corrected chi connectivity index (χ0v) is 14.6. The SMILES string of the molecule is CC1SCCCC1Nc1cccc(NC(=O)OC(C)(C)C)c1. The number of hydrogen-bond acceptors (Lipinski definition) is 4. The number of ether oxygens (including phenoxy) is 1. The van der Waals surface area contributed by atoms with Crippen LogP contribution in [-0.4, -0.2) is 28.7 Å². The number of carbonyl (C=O) groups excluding carboxylic acids is 1. The van der Waals surface area contributed by atoms with Crippen molar-refractivity contribution in [1.29, 1.82) is 0 Å². The van der Waals surface area contributed by atoms with Crippen molar-refractivity contribution < 1.29 is 9.53 Å². The molecule has 1 amide bonds. The topological polar surface area (TPSA) is 50.4 Å². The van der Waals surface area contributed by atoms with E-state index in [0.717, 1.165) is 11.4 Å². The number of carbonyl (C=O) groups is 1. The summed E-state index contributed by atoms with van der Waals surface area (Å²) in [7, 11) is 0. The molecule has 0 spiro atoms. The van der Waals surface area contributed by atoms with Gasteiger partial charge in [0.1, 0.15) is 5.60 Å². The quantitative estimate of drug-likeness (QED) is 0.844. The van der Waals surface area contributed by atoms with Crippen LogP contribution in [0.25, 0.3) is 0 Å². The maximum atomic E-state index is 11.8. The van der Waals surface area contributed by atoms with Gasteiger partial charge in [0.15, 0.2) is 0 Å². The number of nitrogens with one attached hydrogen (secondary N) is 2. The molecular weight excluding hydrogens is 296 g/mol. The molecule has 122 valence electrons. The standard InChI is InChI=1S/C17H26N2O2S/c1-12-15(9-6-10-22-12)18-13-7-5-8-14(11-13)19-16(20)21-17(2,3)4/h5,7-8,11-12,15,18H,6,9-10H2,1-4H3,(H,19,20). The fourth-order valence-corrected chi connectivity index (χ4v) is 3.58. The molecule has 0 saturated carbocycles. The van der Waals surface area contributed by atoms with E-state index in [1.165, 1.54) is 18.6 Å². The smallest absolute Gasteiger partial charge is 0.412 e. The molecule has 1 aliphatic heterocycles. The fourth-order valence-electron chi connectivity index (χ4n) is 2.44. The van der Waals surface area contributed by atoms with Crippen molar-refractivity contribution in [2.24, 2.45) is 0 Å². The molecule has 0 aromatic heterocycles. The minimum absolute atomic E-state index is 0.425. The van der Waals surface area contributed by atoms with Gasteiger partial charge in [0.05, 0.1) is 0 Å². The molecule has 0 bridgehead atoms. The van der Waals surface area contributed by atoms with Crippen molar-refractivity contribution in [2.75, 3.05) is 16.4 Å². The van der Waals surface area contributed by atoms with Crippen LogP contribution in [0.15, 0.2) is 24.3 Å². The Morgan fingerprint density at radius 3 is 2.73 bits per heavy atom. The Balaban J connectivity index is 1.96. The molecule has 1 aromatic rings. The summed E-state index contributed by atoms with van der Waals surface area (Å²) in [5, 5.41) is 6.97. The Morgan fingerprint density at radius 1 is 1.32 bits per heavy atom. The van der Waals surface area contributed by atoms with Crippen LogP contribution in [0.2, 0.25) is 0 Å². The first-order valence-electron chi connectivity index (χ1n) is 7.82. The van der Waals surface area contributed by atoms with Crippen LogP contribution in [0.4, 0.5) is 16.2 Å². The van der Waals surface area contributed by atoms with E-state index in [9.17, 15) is 4.79 Å². The number of hydrogen-bond donors (Lipinski definition) is 2. The first kappa shape index (κ1) is 17.0. The minimum Gasteiger partial charge on any atom is -0.444 e. The van der Waals surface area contributed by atoms with E-state index in [-0.39, 0.29) is 0 Å². The third kappa shape index (κ3) is 5.44. The maximum absolute atomic E-state index is 11.8. The third-order valence-corrected chi connectivity index (χ3v) is 4.85. The summed E-state index contributed by atoms with van der Waals surface area (Å²) in [5.41, 5.74) is 1.29. The Morgan fingerprint density at radius 2 is 2.05 bits per heavy atom. The monoisotopic (exact) mass is 322 g/mol. The molecule has 0 radical (unpaired) electrons. The van der Waals surface area contributed by atoms with Gasteiger partial charge in [-0.15, -0.1) is 0 Å². The summed E-state index contributed by atoms with van der Waals surface area (Å²) in [6.45, 7) is 7.83. The highest BCUT2D eigenvalue weighted by Crippen LogP contribution is 2.28. The van der Waals surface area contributed by atoms with Gasteiger partial charge in [-0.3, -0.25) is 5.32 Å². The lowest BCUT2D eigenvalue weighted by Gasteiger charge is -2.30. The molecular formula is C17H26N2O2S. The van der Waals surface area contributed by atoms with E-state index < -0.39 is 11.7 Å². The molecule has 1 saturated heterocycles. The van der Waals surface area contributed by atoms with Crippen molar-refractivity contribution in [1.82, 2.24) is 0 Å². The number of thioether (sulfide) groups is 1. The van der Waals surface area contributed by atoms with Crippen LogP contribution in [0.5, 0.6) is 0 Å². The van der Waals surface area contributed by atoms with E-state index in [1.54, 1.807) is 0 Å². The lowest BCUT2D eigenvalue weighted by Crippen LogP contribution is -2.32. The van der Waals surface area contributed by atoms with Gasteiger partial charge in [0.2, 0.25) is 0 Å². The first-order valence-corrected chi connectivity index (χ1v) is 8.86. The number of rotatable bonds is 3. The Hall–Kier alpha value is -1.36. The average molecular weight is 322 g/mol. The molecule has 1 aromatic carbocycles. The normalized spacial score (nSPS) is 22.0. The molecule has 1 heterocycles. The van der Waals surface area contributed by atoms with Gasteiger partial charge in [-0.25, -0.2) is 4.79 Å². The third-order valence-electron chi connectivity index (χ3n) is 3.47. The van der Waals surface area contributed by atoms with E-state index in [4.69, 9.17) is 4.74 Å². The second kappa shape index (κ2) is 7.27. The summed E-state index contributed by atoms with van der Waals surface area (Å²) in [4.78, 5) is 11.8. The van der Waals surface area contributed by atoms with E-state index in [2.05, 4.69) is 17.6 Å². The largest absolute Gasteiger partial charge is 0.444 e. The molecule has 5 heteroatoms. The van der Waals surface area contributed by atoms with Crippen LogP contribution in [-0.2, 0) is 4.74 Å². The number of amides is 1. The number of anilines is 2. The fraction of sp³-hybridized carbons (Fsp3) is 0.588. The van der Waals surface area contributed by atoms with Crippen molar-refractivity contribution in [3.8, 4) is 0 Å². The predicted molar refractivity (Wildman–Crippen MR) is 94.9 cm³/mol. The highest BCUT2D eigenvalue weighted by atomic mass is 32.2. The van der Waals surface area contributed by atoms with Gasteiger partial charge in [0, 0.05) is 22.7 Å². The lowest BCUT2D eigenvalue weighted by atomic mass is 10.1. The highest BCUT2D eigenvalue weighted by molar-refractivity contribution is 8.00. The number of benzene rings is 1. The zero-order chi connectivity index (χ0) is 16.2. The van der Waals surface area contributed by atoms with Gasteiger partial charge in [-0.2, -0.15) is 11.8 Å². The van der Waals surface area contributed by atoms with Gasteiger partial charge < -0.3 is 10.1 Å². The van der Waals surface area contributed by atoms with Crippen molar-refractivity contribution >= 4 is 29.2 Å². The minimum atomic E-state index is -0.491. The van der Waals surface area contributed by atoms with Gasteiger partial charge in [-0.05, 0) is 57.6 Å². The summed E-state index contributed by atoms with van der Waals surface area (Å²) in [5.74, 6) is 1.25. The molecule has 0 aliphatic carbocycles. The first-order chi connectivity index (χ1) is 10.3. The van der Waals surface area contributed by atoms with Crippen LogP contribution in [0, 0.1) is 0 Å². The van der Waals surface area contributed by atoms with Crippen molar-refractivity contribution in [2.45, 2.75) is 57.4 Å². The Bertz CT molecular complexity index is 514. The summed E-state index contributed by atoms with van der Waals surface area (Å²) >= 11 is 2.01. The van der Waals surface area contributed by atoms with Crippen LogP contribution in [0.1, 0.15) is 40.5 Å². The molecule has 22 heavy (non-hydrogen) atoms. The molecule has 1 fully saturated rings. The average Bonchev–Trinajstić information content (AvgIpc) is 2.39. The van der Waals surface area contributed by atoms with E-state index in [1.807, 2.05) is 56.8 Å². The van der Waals surface area contributed by atoms with E-state index >= 15 is 0 Å². The zero-order valence-electron chi connectivity index (χ0n) is 13.8. The second-order valence-electron chi connectivity index (χ2n) is 6.68. The van der Waals surface area contributed by atoms with Crippen molar-refractivity contribution in [3.63, 3.8) is 0 Å². The summed E-state index contributed by atoms with van der Waals surface area (Å²) in [6, 6.07) is 8.28. The molecule has 2 rings (SSSR count). The van der Waals surface area contributed by atoms with Crippen molar-refractivity contribution in [3.05, 3.63) is 24.3 Å². The molecule has 2 unspecified atom stereocenters. The molecule has 1 aliphatic rings. The van der Waals surface area contributed by atoms with Gasteiger partial charge in [0.25, 0.3) is 0 Å². The Kier molecular flexibility index (Phi) is 5.62. The lowest BCUT2D eigenvalue weighted by molar-refractivity contribution is 0.0636. The summed E-state index contributed by atoms with van der Waals surface area (Å²) in [6.07, 6.45) is 2.02. The van der Waals surface area contributed by atoms with Crippen LogP contribution in [0.3, 0.4) is 0 Å². The maximum Gasteiger partial charge on any atom is 0.412 e. The summed E-state index contributed by atoms with van der Waals surface area (Å²) < 4.78 is 5.27. The second-order valence-corrected chi connectivity index (χ2v) is 8.16. The predicted octanol–water partition coefficient (Wildman–Crippen LogP) is 4.73. The highest BCUT2D eigenvalue weighted by Gasteiger charge is 2.21. The van der Waals surface area contributed by atoms with Gasteiger partial charge >= 0.3 is 6.09 Å². The van der Waals surface area contributed by atoms with E-state index in [0.29, 0.717) is 11.3 Å². The van der Waals surface area contributed by atoms with Crippen LogP contribution < -0.4 is 10.6 Å². The van der Waals surface area contributed by atoms with Gasteiger partial charge in [-0.1, -0.05) is 13.0 Å².